The minimum absolute atomic E-state index is 0. The predicted molar refractivity (Wildman–Crippen MR) is 114 cm³/mol. The van der Waals surface area contributed by atoms with E-state index in [0.29, 0.717) is 32.1 Å². The lowest BCUT2D eigenvalue weighted by atomic mass is 10.2. The molecule has 0 atom stereocenters. The number of guanidine groups is 1. The van der Waals surface area contributed by atoms with Crippen molar-refractivity contribution in [1.29, 1.82) is 0 Å². The fourth-order valence-corrected chi connectivity index (χ4v) is 2.08. The number of carbonyl (C=O) groups is 1. The minimum atomic E-state index is 0. The highest BCUT2D eigenvalue weighted by Crippen LogP contribution is 2.18. The average Bonchev–Trinajstić information content (AvgIpc) is 2.59. The Labute approximate surface area is 168 Å². The summed E-state index contributed by atoms with van der Waals surface area (Å²) in [6.07, 6.45) is 1.38. The quantitative estimate of drug-likeness (QED) is 0.284. The van der Waals surface area contributed by atoms with Crippen LogP contribution < -0.4 is 20.7 Å². The van der Waals surface area contributed by atoms with Crippen molar-refractivity contribution in [3.05, 3.63) is 29.8 Å². The number of amides is 1. The van der Waals surface area contributed by atoms with E-state index in [1.54, 1.807) is 0 Å². The lowest BCUT2D eigenvalue weighted by Gasteiger charge is -2.12. The summed E-state index contributed by atoms with van der Waals surface area (Å²) in [5.41, 5.74) is 1.04. The first kappa shape index (κ1) is 23.5. The minimum Gasteiger partial charge on any atom is -0.494 e. The Balaban J connectivity index is 0.00000576. The highest BCUT2D eigenvalue weighted by molar-refractivity contribution is 14.0. The van der Waals surface area contributed by atoms with E-state index < -0.39 is 0 Å². The maximum Gasteiger partial charge on any atom is 0.221 e. The molecule has 0 aliphatic heterocycles. The molecule has 0 aromatic heterocycles. The molecule has 3 N–H and O–H groups in total. The first-order valence-electron chi connectivity index (χ1n) is 8.70. The molecule has 6 nitrogen and oxygen atoms in total. The zero-order valence-corrected chi connectivity index (χ0v) is 17.8. The van der Waals surface area contributed by atoms with Crippen molar-refractivity contribution in [1.82, 2.24) is 16.0 Å². The molecule has 0 saturated heterocycles. The summed E-state index contributed by atoms with van der Waals surface area (Å²) < 4.78 is 5.62. The number of benzene rings is 1. The van der Waals surface area contributed by atoms with E-state index in [-0.39, 0.29) is 29.9 Å². The number of aliphatic imine (C=N–C) groups is 1. The van der Waals surface area contributed by atoms with Gasteiger partial charge in [0.05, 0.1) is 13.2 Å². The summed E-state index contributed by atoms with van der Waals surface area (Å²) in [6, 6.07) is 7.89. The molecular formula is C18H31IN4O2. The second-order valence-electron chi connectivity index (χ2n) is 5.26. The van der Waals surface area contributed by atoms with Crippen molar-refractivity contribution in [3.8, 4) is 5.75 Å². The van der Waals surface area contributed by atoms with Crippen LogP contribution in [0.3, 0.4) is 0 Å². The fourth-order valence-electron chi connectivity index (χ4n) is 2.08. The molecule has 7 heteroatoms. The Morgan fingerprint density at radius 1 is 1.08 bits per heavy atom. The third-order valence-corrected chi connectivity index (χ3v) is 3.24. The Hall–Kier alpha value is -1.51. The van der Waals surface area contributed by atoms with Gasteiger partial charge in [-0.2, -0.15) is 0 Å². The summed E-state index contributed by atoms with van der Waals surface area (Å²) in [5.74, 6) is 1.62. The molecule has 25 heavy (non-hydrogen) atoms. The van der Waals surface area contributed by atoms with E-state index in [1.165, 1.54) is 0 Å². The largest absolute Gasteiger partial charge is 0.494 e. The van der Waals surface area contributed by atoms with Crippen molar-refractivity contribution in [2.45, 2.75) is 40.2 Å². The fraction of sp³-hybridized carbons (Fsp3) is 0.556. The zero-order valence-electron chi connectivity index (χ0n) is 15.4. The summed E-state index contributed by atoms with van der Waals surface area (Å²) in [5, 5.41) is 9.24. The Morgan fingerprint density at radius 3 is 2.52 bits per heavy atom. The smallest absolute Gasteiger partial charge is 0.221 e. The molecule has 0 radical (unpaired) electrons. The van der Waals surface area contributed by atoms with Crippen LogP contribution in [-0.2, 0) is 11.3 Å². The van der Waals surface area contributed by atoms with Crippen LogP contribution in [-0.4, -0.2) is 38.1 Å². The van der Waals surface area contributed by atoms with Crippen molar-refractivity contribution in [2.75, 3.05) is 26.2 Å². The average molecular weight is 462 g/mol. The van der Waals surface area contributed by atoms with Crippen molar-refractivity contribution < 1.29 is 9.53 Å². The SMILES string of the molecule is CCCNC(=O)CCNC(=NCc1ccccc1OCC)NCC.I. The number of hydrogen-bond acceptors (Lipinski definition) is 3. The molecule has 0 spiro atoms. The van der Waals surface area contributed by atoms with Crippen LogP contribution in [0.5, 0.6) is 5.75 Å². The topological polar surface area (TPSA) is 74.8 Å². The monoisotopic (exact) mass is 462 g/mol. The van der Waals surface area contributed by atoms with E-state index in [1.807, 2.05) is 45.0 Å². The van der Waals surface area contributed by atoms with Gasteiger partial charge >= 0.3 is 0 Å². The van der Waals surface area contributed by atoms with Gasteiger partial charge in [-0.25, -0.2) is 4.99 Å². The number of para-hydroxylation sites is 1. The summed E-state index contributed by atoms with van der Waals surface area (Å²) in [6.45, 7) is 9.21. The highest BCUT2D eigenvalue weighted by atomic mass is 127. The molecule has 0 saturated carbocycles. The van der Waals surface area contributed by atoms with Crippen LogP contribution in [0.1, 0.15) is 39.2 Å². The van der Waals surface area contributed by atoms with Gasteiger partial charge in [-0.05, 0) is 26.3 Å². The van der Waals surface area contributed by atoms with Gasteiger partial charge in [-0.15, -0.1) is 24.0 Å². The number of carbonyl (C=O) groups excluding carboxylic acids is 1. The van der Waals surface area contributed by atoms with Crippen LogP contribution in [0.25, 0.3) is 0 Å². The van der Waals surface area contributed by atoms with Gasteiger partial charge in [0.25, 0.3) is 0 Å². The van der Waals surface area contributed by atoms with Gasteiger partial charge in [-0.1, -0.05) is 25.1 Å². The van der Waals surface area contributed by atoms with Gasteiger partial charge in [0, 0.05) is 31.6 Å². The lowest BCUT2D eigenvalue weighted by molar-refractivity contribution is -0.120. The zero-order chi connectivity index (χ0) is 17.6. The molecule has 0 heterocycles. The molecule has 0 bridgehead atoms. The number of halogens is 1. The van der Waals surface area contributed by atoms with E-state index in [9.17, 15) is 4.79 Å². The predicted octanol–water partition coefficient (Wildman–Crippen LogP) is 2.67. The second-order valence-corrected chi connectivity index (χ2v) is 5.26. The maximum atomic E-state index is 11.6. The van der Waals surface area contributed by atoms with Gasteiger partial charge in [0.15, 0.2) is 5.96 Å². The molecule has 0 unspecified atom stereocenters. The number of nitrogens with one attached hydrogen (secondary N) is 3. The molecule has 0 fully saturated rings. The van der Waals surface area contributed by atoms with Crippen molar-refractivity contribution in [3.63, 3.8) is 0 Å². The summed E-state index contributed by atoms with van der Waals surface area (Å²) >= 11 is 0. The van der Waals surface area contributed by atoms with Crippen molar-refractivity contribution >= 4 is 35.8 Å². The Kier molecular flexibility index (Phi) is 13.9. The third kappa shape index (κ3) is 10.2. The van der Waals surface area contributed by atoms with Crippen LogP contribution >= 0.6 is 24.0 Å². The third-order valence-electron chi connectivity index (χ3n) is 3.24. The number of rotatable bonds is 10. The van der Waals surface area contributed by atoms with Crippen LogP contribution in [0, 0.1) is 0 Å². The van der Waals surface area contributed by atoms with Gasteiger partial charge < -0.3 is 20.7 Å². The molecular weight excluding hydrogens is 431 g/mol. The molecule has 1 aromatic rings. The molecule has 1 rings (SSSR count). The number of hydrogen-bond donors (Lipinski definition) is 3. The number of nitrogens with zero attached hydrogens (tertiary/aromatic N) is 1. The van der Waals surface area contributed by atoms with E-state index in [4.69, 9.17) is 4.74 Å². The van der Waals surface area contributed by atoms with Gasteiger partial charge in [0.1, 0.15) is 5.75 Å². The standard InChI is InChI=1S/C18H30N4O2.HI/c1-4-12-20-17(23)11-13-21-18(19-5-2)22-14-15-9-7-8-10-16(15)24-6-3;/h7-10H,4-6,11-14H2,1-3H3,(H,20,23)(H2,19,21,22);1H. The van der Waals surface area contributed by atoms with Gasteiger partial charge in [-0.3, -0.25) is 4.79 Å². The van der Waals surface area contributed by atoms with E-state index in [2.05, 4.69) is 20.9 Å². The second kappa shape index (κ2) is 14.8. The Bertz CT molecular complexity index is 524. The molecule has 0 aliphatic rings. The van der Waals surface area contributed by atoms with E-state index in [0.717, 1.165) is 30.8 Å². The van der Waals surface area contributed by atoms with Crippen LogP contribution in [0.15, 0.2) is 29.3 Å². The highest BCUT2D eigenvalue weighted by Gasteiger charge is 2.04. The molecule has 1 aromatic carbocycles. The summed E-state index contributed by atoms with van der Waals surface area (Å²) in [4.78, 5) is 16.2. The van der Waals surface area contributed by atoms with E-state index >= 15 is 0 Å². The van der Waals surface area contributed by atoms with Gasteiger partial charge in [0.2, 0.25) is 5.91 Å². The molecule has 1 amide bonds. The molecule has 0 aliphatic carbocycles. The first-order chi connectivity index (χ1) is 11.7. The van der Waals surface area contributed by atoms with Crippen molar-refractivity contribution in [2.24, 2.45) is 4.99 Å². The Morgan fingerprint density at radius 2 is 1.84 bits per heavy atom. The maximum absolute atomic E-state index is 11.6. The number of ether oxygens (including phenoxy) is 1. The molecule has 142 valence electrons. The lowest BCUT2D eigenvalue weighted by Crippen LogP contribution is -2.39. The summed E-state index contributed by atoms with van der Waals surface area (Å²) in [7, 11) is 0. The van der Waals surface area contributed by atoms with Crippen LogP contribution in [0.2, 0.25) is 0 Å². The van der Waals surface area contributed by atoms with Crippen LogP contribution in [0.4, 0.5) is 0 Å². The normalized spacial score (nSPS) is 10.6. The first-order valence-corrected chi connectivity index (χ1v) is 8.70.